The zero-order valence-corrected chi connectivity index (χ0v) is 16.5. The fourth-order valence-electron chi connectivity index (χ4n) is 3.12. The number of aryl methyl sites for hydroxylation is 1. The van der Waals surface area contributed by atoms with Crippen molar-refractivity contribution in [2.24, 2.45) is 0 Å². The molecule has 2 heterocycles. The first-order valence-electron chi connectivity index (χ1n) is 9.03. The second-order valence-electron chi connectivity index (χ2n) is 6.69. The molecule has 3 rings (SSSR count). The molecule has 3 aromatic rings. The van der Waals surface area contributed by atoms with Crippen LogP contribution in [0, 0.1) is 4.77 Å². The van der Waals surface area contributed by atoms with Crippen LogP contribution in [0.25, 0.3) is 22.3 Å². The van der Waals surface area contributed by atoms with Gasteiger partial charge in [0.1, 0.15) is 5.65 Å². The second kappa shape index (κ2) is 7.50. The van der Waals surface area contributed by atoms with E-state index < -0.39 is 22.7 Å². The van der Waals surface area contributed by atoms with Crippen molar-refractivity contribution in [2.75, 3.05) is 0 Å². The summed E-state index contributed by atoms with van der Waals surface area (Å²) in [7, 11) is 0. The number of nitrogens with one attached hydrogen (secondary N) is 1. The predicted octanol–water partition coefficient (Wildman–Crippen LogP) is 5.67. The molecule has 0 bridgehead atoms. The molecule has 0 aliphatic carbocycles. The molecule has 148 valence electrons. The maximum absolute atomic E-state index is 13.8. The lowest BCUT2D eigenvalue weighted by molar-refractivity contribution is -0.136. The quantitative estimate of drug-likeness (QED) is 0.567. The first-order valence-corrected chi connectivity index (χ1v) is 9.44. The number of hydrogen-bond acceptors (Lipinski definition) is 3. The van der Waals surface area contributed by atoms with Gasteiger partial charge in [0, 0.05) is 11.6 Å². The Morgan fingerprint density at radius 2 is 1.86 bits per heavy atom. The molecular weight excluding hydrogens is 387 g/mol. The molecule has 8 heteroatoms. The summed E-state index contributed by atoms with van der Waals surface area (Å²) in [5, 5.41) is -0.490. The van der Waals surface area contributed by atoms with Crippen LogP contribution in [0.5, 0.6) is 0 Å². The van der Waals surface area contributed by atoms with E-state index in [1.54, 1.807) is 12.1 Å². The van der Waals surface area contributed by atoms with Gasteiger partial charge in [-0.1, -0.05) is 38.1 Å². The number of rotatable bonds is 4. The van der Waals surface area contributed by atoms with E-state index >= 15 is 0 Å². The molecule has 28 heavy (non-hydrogen) atoms. The Labute approximate surface area is 165 Å². The summed E-state index contributed by atoms with van der Waals surface area (Å²) >= 11 is 5.23. The number of aromatic nitrogens is 3. The molecule has 0 aliphatic rings. The van der Waals surface area contributed by atoms with Gasteiger partial charge in [0.15, 0.2) is 4.77 Å². The molecule has 0 radical (unpaired) electrons. The molecule has 0 saturated carbocycles. The average Bonchev–Trinajstić information content (AvgIpc) is 2.66. The van der Waals surface area contributed by atoms with Crippen molar-refractivity contribution in [2.45, 2.75) is 45.8 Å². The summed E-state index contributed by atoms with van der Waals surface area (Å²) in [4.78, 5) is 19.2. The Balaban J connectivity index is 2.45. The van der Waals surface area contributed by atoms with Crippen LogP contribution in [0.2, 0.25) is 0 Å². The highest BCUT2D eigenvalue weighted by Gasteiger charge is 2.35. The number of hydrogen-bond donors (Lipinski definition) is 1. The van der Waals surface area contributed by atoms with E-state index in [1.165, 1.54) is 4.57 Å². The number of halogens is 3. The monoisotopic (exact) mass is 407 g/mol. The molecule has 1 N–H and O–H groups in total. The summed E-state index contributed by atoms with van der Waals surface area (Å²) in [6.45, 7) is 5.71. The Morgan fingerprint density at radius 3 is 2.39 bits per heavy atom. The average molecular weight is 407 g/mol. The number of alkyl halides is 3. The molecule has 1 atom stereocenters. The maximum atomic E-state index is 13.8. The zero-order valence-electron chi connectivity index (χ0n) is 15.7. The fraction of sp³-hybridized carbons (Fsp3) is 0.350. The van der Waals surface area contributed by atoms with Crippen molar-refractivity contribution < 1.29 is 13.2 Å². The molecule has 4 nitrogen and oxygen atoms in total. The van der Waals surface area contributed by atoms with Gasteiger partial charge in [-0.05, 0) is 43.6 Å². The topological polar surface area (TPSA) is 50.7 Å². The summed E-state index contributed by atoms with van der Waals surface area (Å²) < 4.78 is 43.0. The highest BCUT2D eigenvalue weighted by atomic mass is 32.1. The maximum Gasteiger partial charge on any atom is 0.417 e. The van der Waals surface area contributed by atoms with Crippen LogP contribution < -0.4 is 5.56 Å². The summed E-state index contributed by atoms with van der Waals surface area (Å²) in [6, 6.07) is 7.90. The van der Waals surface area contributed by atoms with Crippen molar-refractivity contribution in [3.63, 3.8) is 0 Å². The lowest BCUT2D eigenvalue weighted by Crippen LogP contribution is -2.22. The Hall–Kier alpha value is -2.48. The second-order valence-corrected chi connectivity index (χ2v) is 7.08. The molecular formula is C20H20F3N3OS. The van der Waals surface area contributed by atoms with Gasteiger partial charge in [-0.15, -0.1) is 0 Å². The van der Waals surface area contributed by atoms with Crippen molar-refractivity contribution in [3.05, 3.63) is 56.6 Å². The predicted molar refractivity (Wildman–Crippen MR) is 106 cm³/mol. The summed E-state index contributed by atoms with van der Waals surface area (Å²) in [5.74, 6) is 0. The molecule has 1 aromatic carbocycles. The highest BCUT2D eigenvalue weighted by molar-refractivity contribution is 7.71. The van der Waals surface area contributed by atoms with Crippen LogP contribution in [0.15, 0.2) is 35.1 Å². The van der Waals surface area contributed by atoms with E-state index in [-0.39, 0.29) is 22.2 Å². The zero-order chi connectivity index (χ0) is 20.6. The fourth-order valence-corrected chi connectivity index (χ4v) is 3.48. The molecule has 0 spiro atoms. The van der Waals surface area contributed by atoms with E-state index in [9.17, 15) is 18.0 Å². The smallest absolute Gasteiger partial charge is 0.300 e. The number of aromatic amines is 1. The van der Waals surface area contributed by atoms with E-state index in [0.717, 1.165) is 18.1 Å². The van der Waals surface area contributed by atoms with Crippen LogP contribution in [-0.4, -0.2) is 14.5 Å². The van der Waals surface area contributed by atoms with E-state index in [4.69, 9.17) is 12.2 Å². The molecule has 0 saturated heterocycles. The third-order valence-electron chi connectivity index (χ3n) is 4.89. The lowest BCUT2D eigenvalue weighted by atomic mass is 10.0. The van der Waals surface area contributed by atoms with Gasteiger partial charge in [0.05, 0.1) is 16.6 Å². The minimum absolute atomic E-state index is 0.0486. The summed E-state index contributed by atoms with van der Waals surface area (Å²) in [5.41, 5.74) is -0.175. The first kappa shape index (κ1) is 20.3. The number of pyridine rings is 1. The molecule has 0 aliphatic heterocycles. The van der Waals surface area contributed by atoms with Crippen molar-refractivity contribution in [1.82, 2.24) is 14.5 Å². The van der Waals surface area contributed by atoms with Gasteiger partial charge < -0.3 is 0 Å². The van der Waals surface area contributed by atoms with Gasteiger partial charge in [-0.25, -0.2) is 4.98 Å². The SMILES string of the molecule is CCc1ccc(-c2cc(C(F)(F)F)c3c(=O)[nH]c(=S)n(C(C)CC)c3n2)cc1. The molecule has 2 aromatic heterocycles. The third-order valence-corrected chi connectivity index (χ3v) is 5.19. The molecule has 0 amide bonds. The summed E-state index contributed by atoms with van der Waals surface area (Å²) in [6.07, 6.45) is -3.27. The van der Waals surface area contributed by atoms with Crippen LogP contribution >= 0.6 is 12.2 Å². The number of H-pyrrole nitrogens is 1. The van der Waals surface area contributed by atoms with Gasteiger partial charge in [0.25, 0.3) is 5.56 Å². The van der Waals surface area contributed by atoms with E-state index in [0.29, 0.717) is 12.0 Å². The minimum atomic E-state index is -4.71. The van der Waals surface area contributed by atoms with Crippen LogP contribution in [0.4, 0.5) is 13.2 Å². The Morgan fingerprint density at radius 1 is 1.21 bits per heavy atom. The number of fused-ring (bicyclic) bond motifs is 1. The molecule has 0 fully saturated rings. The van der Waals surface area contributed by atoms with Crippen molar-refractivity contribution in [3.8, 4) is 11.3 Å². The van der Waals surface area contributed by atoms with Crippen LogP contribution in [0.1, 0.15) is 44.4 Å². The standard InChI is InChI=1S/C20H20F3N3OS/c1-4-11(3)26-17-16(18(27)25-19(26)28)14(20(21,22)23)10-15(24-17)13-8-6-12(5-2)7-9-13/h6-11H,4-5H2,1-3H3,(H,25,27,28). The van der Waals surface area contributed by atoms with Gasteiger partial charge in [0.2, 0.25) is 0 Å². The number of nitrogens with zero attached hydrogens (tertiary/aromatic N) is 2. The lowest BCUT2D eigenvalue weighted by Gasteiger charge is -2.19. The third kappa shape index (κ3) is 3.61. The van der Waals surface area contributed by atoms with Crippen LogP contribution in [0.3, 0.4) is 0 Å². The largest absolute Gasteiger partial charge is 0.417 e. The number of benzene rings is 1. The Bertz CT molecular complexity index is 1130. The van der Waals surface area contributed by atoms with E-state index in [1.807, 2.05) is 32.9 Å². The normalized spacial score (nSPS) is 13.1. The minimum Gasteiger partial charge on any atom is -0.300 e. The van der Waals surface area contributed by atoms with Crippen LogP contribution in [-0.2, 0) is 12.6 Å². The Kier molecular flexibility index (Phi) is 5.43. The first-order chi connectivity index (χ1) is 13.2. The van der Waals surface area contributed by atoms with Gasteiger partial charge in [-0.2, -0.15) is 13.2 Å². The highest BCUT2D eigenvalue weighted by Crippen LogP contribution is 2.36. The van der Waals surface area contributed by atoms with Gasteiger partial charge in [-0.3, -0.25) is 14.3 Å². The van der Waals surface area contributed by atoms with Crippen molar-refractivity contribution in [1.29, 1.82) is 0 Å². The van der Waals surface area contributed by atoms with E-state index in [2.05, 4.69) is 9.97 Å². The molecule has 1 unspecified atom stereocenters. The van der Waals surface area contributed by atoms with Crippen molar-refractivity contribution >= 4 is 23.3 Å². The van der Waals surface area contributed by atoms with Gasteiger partial charge >= 0.3 is 6.18 Å².